The van der Waals surface area contributed by atoms with Gasteiger partial charge in [0.1, 0.15) is 0 Å². The summed E-state index contributed by atoms with van der Waals surface area (Å²) < 4.78 is 12.1. The molecule has 0 amide bonds. The van der Waals surface area contributed by atoms with Crippen LogP contribution in [-0.2, 0) is 0 Å². The van der Waals surface area contributed by atoms with E-state index in [1.807, 2.05) is 72.8 Å². The van der Waals surface area contributed by atoms with E-state index in [0.29, 0.717) is 23.6 Å². The van der Waals surface area contributed by atoms with E-state index in [1.165, 1.54) is 10.8 Å². The summed E-state index contributed by atoms with van der Waals surface area (Å²) in [6.07, 6.45) is 0. The molecule has 2 heterocycles. The predicted molar refractivity (Wildman–Crippen MR) is 156 cm³/mol. The zero-order chi connectivity index (χ0) is 26.5. The van der Waals surface area contributed by atoms with Crippen LogP contribution in [0, 0.1) is 0 Å². The molecule has 6 heteroatoms. The van der Waals surface area contributed by atoms with Gasteiger partial charge in [0.25, 0.3) is 0 Å². The molecule has 2 aromatic heterocycles. The smallest absolute Gasteiger partial charge is 0.248 e. The molecule has 0 bridgehead atoms. The maximum Gasteiger partial charge on any atom is 0.248 e. The van der Waals surface area contributed by atoms with Crippen molar-refractivity contribution in [2.75, 3.05) is 0 Å². The summed E-state index contributed by atoms with van der Waals surface area (Å²) in [6, 6.07) is 40.8. The van der Waals surface area contributed by atoms with E-state index >= 15 is 0 Å². The van der Waals surface area contributed by atoms with Crippen molar-refractivity contribution in [1.29, 1.82) is 0 Å². The van der Waals surface area contributed by atoms with Crippen LogP contribution in [0.5, 0.6) is 0 Å². The lowest BCUT2D eigenvalue weighted by Gasteiger charge is -2.03. The summed E-state index contributed by atoms with van der Waals surface area (Å²) in [4.78, 5) is 0. The van der Waals surface area contributed by atoms with Crippen LogP contribution in [0.25, 0.3) is 78.1 Å². The van der Waals surface area contributed by atoms with Gasteiger partial charge in [0.2, 0.25) is 23.6 Å². The molecule has 188 valence electrons. The van der Waals surface area contributed by atoms with Crippen molar-refractivity contribution < 1.29 is 8.83 Å². The van der Waals surface area contributed by atoms with Gasteiger partial charge in [-0.2, -0.15) is 0 Å². The van der Waals surface area contributed by atoms with Crippen LogP contribution in [0.4, 0.5) is 0 Å². The van der Waals surface area contributed by atoms with Gasteiger partial charge in [-0.25, -0.2) is 0 Å². The highest BCUT2D eigenvalue weighted by Crippen LogP contribution is 2.31. The van der Waals surface area contributed by atoms with E-state index in [9.17, 15) is 0 Å². The Morgan fingerprint density at radius 2 is 0.575 bits per heavy atom. The van der Waals surface area contributed by atoms with Crippen LogP contribution in [0.3, 0.4) is 0 Å². The average molecular weight is 517 g/mol. The van der Waals surface area contributed by atoms with Crippen LogP contribution < -0.4 is 0 Å². The van der Waals surface area contributed by atoms with Crippen LogP contribution in [0.15, 0.2) is 130 Å². The van der Waals surface area contributed by atoms with Crippen molar-refractivity contribution in [3.63, 3.8) is 0 Å². The SMILES string of the molecule is c1ccc2cc(-c3nnc(-c4ccc5cc(-c6nnc(-c7ccc8ccccc8c7)o6)ccc5c4)o3)ccc2c1. The van der Waals surface area contributed by atoms with Gasteiger partial charge in [-0.15, -0.1) is 20.4 Å². The number of aromatic nitrogens is 4. The standard InChI is InChI=1S/C34H20N4O2/c1-3-7-23-17-27(13-9-21(23)5-1)31-35-37-33(39-31)29-15-11-26-20-30(16-12-25(26)19-29)34-38-36-32(40-34)28-14-10-22-6-2-4-8-24(22)18-28/h1-20H. The van der Waals surface area contributed by atoms with Gasteiger partial charge in [-0.05, 0) is 80.8 Å². The second-order valence-electron chi connectivity index (χ2n) is 9.73. The van der Waals surface area contributed by atoms with E-state index in [4.69, 9.17) is 8.83 Å². The molecule has 0 aliphatic rings. The van der Waals surface area contributed by atoms with Crippen molar-refractivity contribution in [3.8, 4) is 45.8 Å². The second kappa shape index (κ2) is 8.99. The minimum atomic E-state index is 0.478. The molecule has 8 aromatic rings. The Labute approximate surface area is 228 Å². The fourth-order valence-electron chi connectivity index (χ4n) is 5.07. The first-order valence-corrected chi connectivity index (χ1v) is 13.0. The third-order valence-corrected chi connectivity index (χ3v) is 7.18. The molecular formula is C34H20N4O2. The summed E-state index contributed by atoms with van der Waals surface area (Å²) in [5.74, 6) is 1.95. The Kier molecular flexibility index (Phi) is 5.03. The Morgan fingerprint density at radius 1 is 0.300 bits per heavy atom. The Balaban J connectivity index is 1.08. The van der Waals surface area contributed by atoms with Crippen LogP contribution >= 0.6 is 0 Å². The molecule has 0 saturated carbocycles. The molecule has 0 fully saturated rings. The van der Waals surface area contributed by atoms with Crippen LogP contribution in [0.2, 0.25) is 0 Å². The van der Waals surface area contributed by atoms with E-state index in [2.05, 4.69) is 68.9 Å². The molecule has 6 nitrogen and oxygen atoms in total. The zero-order valence-corrected chi connectivity index (χ0v) is 21.2. The van der Waals surface area contributed by atoms with Gasteiger partial charge in [0, 0.05) is 22.3 Å². The van der Waals surface area contributed by atoms with Gasteiger partial charge in [-0.3, -0.25) is 0 Å². The largest absolute Gasteiger partial charge is 0.416 e. The van der Waals surface area contributed by atoms with Gasteiger partial charge < -0.3 is 8.83 Å². The molecule has 0 radical (unpaired) electrons. The third-order valence-electron chi connectivity index (χ3n) is 7.18. The number of benzene rings is 6. The maximum atomic E-state index is 6.06. The van der Waals surface area contributed by atoms with Gasteiger partial charge in [0.05, 0.1) is 0 Å². The first kappa shape index (κ1) is 22.4. The summed E-state index contributed by atoms with van der Waals surface area (Å²) in [5.41, 5.74) is 3.50. The molecule has 0 spiro atoms. The number of hydrogen-bond acceptors (Lipinski definition) is 6. The topological polar surface area (TPSA) is 77.8 Å². The first-order chi connectivity index (χ1) is 19.8. The van der Waals surface area contributed by atoms with Crippen molar-refractivity contribution in [3.05, 3.63) is 121 Å². The summed E-state index contributed by atoms with van der Waals surface area (Å²) in [5, 5.41) is 23.9. The highest BCUT2D eigenvalue weighted by molar-refractivity contribution is 5.90. The molecule has 0 atom stereocenters. The Hall–Kier alpha value is -5.62. The monoisotopic (exact) mass is 516 g/mol. The van der Waals surface area contributed by atoms with Crippen LogP contribution in [0.1, 0.15) is 0 Å². The summed E-state index contributed by atoms with van der Waals surface area (Å²) >= 11 is 0. The van der Waals surface area contributed by atoms with Crippen molar-refractivity contribution >= 4 is 32.3 Å². The molecule has 0 unspecified atom stereocenters. The molecule has 0 aliphatic carbocycles. The summed E-state index contributed by atoms with van der Waals surface area (Å²) in [6.45, 7) is 0. The molecular weight excluding hydrogens is 496 g/mol. The quantitative estimate of drug-likeness (QED) is 0.233. The second-order valence-corrected chi connectivity index (χ2v) is 9.73. The molecule has 6 aromatic carbocycles. The predicted octanol–water partition coefficient (Wildman–Crippen LogP) is 8.58. The van der Waals surface area contributed by atoms with E-state index in [1.54, 1.807) is 0 Å². The van der Waals surface area contributed by atoms with Crippen molar-refractivity contribution in [2.45, 2.75) is 0 Å². The summed E-state index contributed by atoms with van der Waals surface area (Å²) in [7, 11) is 0. The molecule has 0 aliphatic heterocycles. The zero-order valence-electron chi connectivity index (χ0n) is 21.2. The van der Waals surface area contributed by atoms with Gasteiger partial charge >= 0.3 is 0 Å². The Bertz CT molecular complexity index is 2040. The molecule has 8 rings (SSSR count). The highest BCUT2D eigenvalue weighted by atomic mass is 16.4. The number of fused-ring (bicyclic) bond motifs is 3. The minimum absolute atomic E-state index is 0.478. The average Bonchev–Trinajstić information content (AvgIpc) is 3.71. The molecule has 0 N–H and O–H groups in total. The maximum absolute atomic E-state index is 6.06. The lowest BCUT2D eigenvalue weighted by atomic mass is 10.0. The molecule has 0 saturated heterocycles. The van der Waals surface area contributed by atoms with Crippen molar-refractivity contribution in [2.24, 2.45) is 0 Å². The van der Waals surface area contributed by atoms with E-state index in [0.717, 1.165) is 43.8 Å². The normalized spacial score (nSPS) is 11.5. The lowest BCUT2D eigenvalue weighted by molar-refractivity contribution is 0.584. The fourth-order valence-corrected chi connectivity index (χ4v) is 5.07. The number of hydrogen-bond donors (Lipinski definition) is 0. The first-order valence-electron chi connectivity index (χ1n) is 13.0. The van der Waals surface area contributed by atoms with Gasteiger partial charge in [-0.1, -0.05) is 72.8 Å². The van der Waals surface area contributed by atoms with E-state index < -0.39 is 0 Å². The van der Waals surface area contributed by atoms with Crippen LogP contribution in [-0.4, -0.2) is 20.4 Å². The van der Waals surface area contributed by atoms with Gasteiger partial charge in [0.15, 0.2) is 0 Å². The number of rotatable bonds is 4. The third kappa shape index (κ3) is 3.90. The van der Waals surface area contributed by atoms with E-state index in [-0.39, 0.29) is 0 Å². The molecule has 40 heavy (non-hydrogen) atoms. The lowest BCUT2D eigenvalue weighted by Crippen LogP contribution is -1.82. The van der Waals surface area contributed by atoms with Crippen molar-refractivity contribution in [1.82, 2.24) is 20.4 Å². The number of nitrogens with zero attached hydrogens (tertiary/aromatic N) is 4. The highest BCUT2D eigenvalue weighted by Gasteiger charge is 2.14. The fraction of sp³-hybridized carbons (Fsp3) is 0. The minimum Gasteiger partial charge on any atom is -0.416 e. The Morgan fingerprint density at radius 3 is 0.925 bits per heavy atom.